The van der Waals surface area contributed by atoms with E-state index in [1.54, 1.807) is 18.2 Å². The summed E-state index contributed by atoms with van der Waals surface area (Å²) in [6.45, 7) is 0. The van der Waals surface area contributed by atoms with Crippen molar-refractivity contribution in [1.29, 1.82) is 0 Å². The third kappa shape index (κ3) is 6.43. The zero-order valence-electron chi connectivity index (χ0n) is 16.8. The number of amides is 2. The first kappa shape index (κ1) is 22.6. The lowest BCUT2D eigenvalue weighted by molar-refractivity contribution is -0.113. The Labute approximate surface area is 187 Å². The molecule has 0 atom stereocenters. The molecule has 0 saturated heterocycles. The van der Waals surface area contributed by atoms with Crippen molar-refractivity contribution in [1.82, 2.24) is 4.98 Å². The second-order valence-electron chi connectivity index (χ2n) is 6.22. The smallest absolute Gasteiger partial charge is 0.257 e. The van der Waals surface area contributed by atoms with Crippen molar-refractivity contribution < 1.29 is 23.5 Å². The molecule has 0 bridgehead atoms. The van der Waals surface area contributed by atoms with Gasteiger partial charge in [-0.25, -0.2) is 9.37 Å². The third-order valence-corrected chi connectivity index (χ3v) is 5.80. The van der Waals surface area contributed by atoms with Crippen molar-refractivity contribution in [2.24, 2.45) is 0 Å². The summed E-state index contributed by atoms with van der Waals surface area (Å²) >= 11 is 2.69. The first-order valence-electron chi connectivity index (χ1n) is 9.09. The fourth-order valence-electron chi connectivity index (χ4n) is 2.56. The topological polar surface area (TPSA) is 89.5 Å². The minimum absolute atomic E-state index is 0.186. The molecule has 0 unspecified atom stereocenters. The number of nitrogens with zero attached hydrogens (tertiary/aromatic N) is 1. The first-order valence-corrected chi connectivity index (χ1v) is 11.1. The number of methoxy groups -OCH3 is 2. The van der Waals surface area contributed by atoms with Crippen LogP contribution in [0.25, 0.3) is 0 Å². The average molecular weight is 462 g/mol. The standard InChI is InChI=1S/C21H20FN3O4S2/c1-28-17-8-3-13(9-18(17)29-2)20(27)25-21-24-16(11-31-21)10-30-12-19(26)23-15-6-4-14(22)5-7-15/h3-9,11H,10,12H2,1-2H3,(H,23,26)(H,24,25,27). The second kappa shape index (κ2) is 10.8. The summed E-state index contributed by atoms with van der Waals surface area (Å²) in [5.74, 6) is 0.884. The molecule has 1 heterocycles. The van der Waals surface area contributed by atoms with E-state index in [4.69, 9.17) is 9.47 Å². The number of halogens is 1. The molecule has 3 aromatic rings. The number of thiazole rings is 1. The van der Waals surface area contributed by atoms with Gasteiger partial charge in [0.15, 0.2) is 16.6 Å². The van der Waals surface area contributed by atoms with Crippen molar-refractivity contribution in [2.75, 3.05) is 30.6 Å². The molecule has 0 aliphatic heterocycles. The number of benzene rings is 2. The van der Waals surface area contributed by atoms with Crippen molar-refractivity contribution in [2.45, 2.75) is 5.75 Å². The monoisotopic (exact) mass is 461 g/mol. The molecule has 7 nitrogen and oxygen atoms in total. The number of thioether (sulfide) groups is 1. The van der Waals surface area contributed by atoms with Gasteiger partial charge in [0, 0.05) is 22.4 Å². The summed E-state index contributed by atoms with van der Waals surface area (Å²) in [5, 5.41) is 7.75. The number of carbonyl (C=O) groups excluding carboxylic acids is 2. The minimum atomic E-state index is -0.357. The molecule has 2 amide bonds. The second-order valence-corrected chi connectivity index (χ2v) is 8.06. The summed E-state index contributed by atoms with van der Waals surface area (Å²) in [7, 11) is 3.03. The lowest BCUT2D eigenvalue weighted by Gasteiger charge is -2.09. The van der Waals surface area contributed by atoms with Gasteiger partial charge in [-0.2, -0.15) is 0 Å². The molecule has 31 heavy (non-hydrogen) atoms. The van der Waals surface area contributed by atoms with Crippen molar-refractivity contribution in [3.63, 3.8) is 0 Å². The van der Waals surface area contributed by atoms with Crippen molar-refractivity contribution >= 4 is 45.7 Å². The van der Waals surface area contributed by atoms with Crippen LogP contribution in [0.15, 0.2) is 47.8 Å². The van der Waals surface area contributed by atoms with E-state index in [1.807, 2.05) is 5.38 Å². The van der Waals surface area contributed by atoms with E-state index < -0.39 is 0 Å². The maximum absolute atomic E-state index is 12.9. The Balaban J connectivity index is 1.48. The molecule has 162 valence electrons. The Bertz CT molecular complexity index is 1060. The quantitative estimate of drug-likeness (QED) is 0.490. The summed E-state index contributed by atoms with van der Waals surface area (Å²) < 4.78 is 23.3. The van der Waals surface area contributed by atoms with Crippen LogP contribution < -0.4 is 20.1 Å². The Morgan fingerprint density at radius 3 is 2.52 bits per heavy atom. The number of hydrogen-bond acceptors (Lipinski definition) is 7. The maximum Gasteiger partial charge on any atom is 0.257 e. The van der Waals surface area contributed by atoms with E-state index in [1.165, 1.54) is 61.6 Å². The molecule has 3 rings (SSSR count). The number of carbonyl (C=O) groups is 2. The van der Waals surface area contributed by atoms with E-state index in [2.05, 4.69) is 15.6 Å². The van der Waals surface area contributed by atoms with Gasteiger partial charge in [-0.3, -0.25) is 14.9 Å². The van der Waals surface area contributed by atoms with Crippen LogP contribution in [-0.4, -0.2) is 36.8 Å². The Hall–Kier alpha value is -3.11. The molecule has 1 aromatic heterocycles. The molecule has 2 aromatic carbocycles. The van der Waals surface area contributed by atoms with Crippen LogP contribution in [0.5, 0.6) is 11.5 Å². The first-order chi connectivity index (χ1) is 15.0. The molecule has 2 N–H and O–H groups in total. The molecule has 0 saturated carbocycles. The Kier molecular flexibility index (Phi) is 7.85. The molecular weight excluding hydrogens is 441 g/mol. The van der Waals surface area contributed by atoms with E-state index in [9.17, 15) is 14.0 Å². The summed E-state index contributed by atoms with van der Waals surface area (Å²) in [4.78, 5) is 28.8. The Morgan fingerprint density at radius 1 is 1.06 bits per heavy atom. The number of nitrogens with one attached hydrogen (secondary N) is 2. The van der Waals surface area contributed by atoms with Gasteiger partial charge < -0.3 is 14.8 Å². The van der Waals surface area contributed by atoms with Crippen LogP contribution in [-0.2, 0) is 10.5 Å². The van der Waals surface area contributed by atoms with Crippen molar-refractivity contribution in [3.8, 4) is 11.5 Å². The molecule has 0 spiro atoms. The summed E-state index contributed by atoms with van der Waals surface area (Å²) in [6.07, 6.45) is 0. The van der Waals surface area contributed by atoms with Crippen LogP contribution in [0, 0.1) is 5.82 Å². The van der Waals surface area contributed by atoms with Gasteiger partial charge in [0.05, 0.1) is 25.7 Å². The van der Waals surface area contributed by atoms with Crippen molar-refractivity contribution in [3.05, 3.63) is 64.9 Å². The SMILES string of the molecule is COc1ccc(C(=O)Nc2nc(CSCC(=O)Nc3ccc(F)cc3)cs2)cc1OC. The summed E-state index contributed by atoms with van der Waals surface area (Å²) in [6, 6.07) is 10.5. The van der Waals surface area contributed by atoms with Gasteiger partial charge in [-0.1, -0.05) is 0 Å². The van der Waals surface area contributed by atoms with Crippen LogP contribution in [0.3, 0.4) is 0 Å². The van der Waals surface area contributed by atoms with Gasteiger partial charge >= 0.3 is 0 Å². The fraction of sp³-hybridized carbons (Fsp3) is 0.190. The van der Waals surface area contributed by atoms with Gasteiger partial charge in [0.1, 0.15) is 5.82 Å². The highest BCUT2D eigenvalue weighted by atomic mass is 32.2. The number of aromatic nitrogens is 1. The van der Waals surface area contributed by atoms with E-state index in [0.717, 1.165) is 5.69 Å². The lowest BCUT2D eigenvalue weighted by Crippen LogP contribution is -2.14. The number of anilines is 2. The maximum atomic E-state index is 12.9. The molecule has 0 aliphatic carbocycles. The zero-order valence-corrected chi connectivity index (χ0v) is 18.4. The van der Waals surface area contributed by atoms with E-state index >= 15 is 0 Å². The van der Waals surface area contributed by atoms with Crippen LogP contribution >= 0.6 is 23.1 Å². The largest absolute Gasteiger partial charge is 0.493 e. The summed E-state index contributed by atoms with van der Waals surface area (Å²) in [5.41, 5.74) is 1.72. The van der Waals surface area contributed by atoms with Crippen LogP contribution in [0.4, 0.5) is 15.2 Å². The highest BCUT2D eigenvalue weighted by Crippen LogP contribution is 2.28. The molecular formula is C21H20FN3O4S2. The third-order valence-electron chi connectivity index (χ3n) is 4.03. The molecule has 0 fully saturated rings. The highest BCUT2D eigenvalue weighted by Gasteiger charge is 2.13. The lowest BCUT2D eigenvalue weighted by atomic mass is 10.2. The molecule has 0 aliphatic rings. The predicted molar refractivity (Wildman–Crippen MR) is 121 cm³/mol. The molecule has 10 heteroatoms. The minimum Gasteiger partial charge on any atom is -0.493 e. The van der Waals surface area contributed by atoms with Gasteiger partial charge in [0.25, 0.3) is 5.91 Å². The van der Waals surface area contributed by atoms with E-state index in [0.29, 0.717) is 33.6 Å². The fourth-order valence-corrected chi connectivity index (χ4v) is 4.08. The van der Waals surface area contributed by atoms with Crippen LogP contribution in [0.1, 0.15) is 16.1 Å². The number of ether oxygens (including phenoxy) is 2. The van der Waals surface area contributed by atoms with E-state index in [-0.39, 0.29) is 23.4 Å². The van der Waals surface area contributed by atoms with Gasteiger partial charge in [-0.05, 0) is 42.5 Å². The van der Waals surface area contributed by atoms with Gasteiger partial charge in [0.2, 0.25) is 5.91 Å². The van der Waals surface area contributed by atoms with Crippen LogP contribution in [0.2, 0.25) is 0 Å². The highest BCUT2D eigenvalue weighted by molar-refractivity contribution is 7.99. The normalized spacial score (nSPS) is 10.4. The predicted octanol–water partition coefficient (Wildman–Crippen LogP) is 4.42. The van der Waals surface area contributed by atoms with Gasteiger partial charge in [-0.15, -0.1) is 23.1 Å². The number of rotatable bonds is 9. The average Bonchev–Trinajstić information content (AvgIpc) is 3.21. The molecule has 0 radical (unpaired) electrons. The zero-order chi connectivity index (χ0) is 22.2. The number of hydrogen-bond donors (Lipinski definition) is 2. The Morgan fingerprint density at radius 2 is 1.81 bits per heavy atom.